The molecular weight excluding hydrogens is 190 g/mol. The molecular formula is C9H18ClNO2. The van der Waals surface area contributed by atoms with Crippen molar-refractivity contribution >= 4 is 12.4 Å². The molecule has 3 nitrogen and oxygen atoms in total. The van der Waals surface area contributed by atoms with Crippen LogP contribution in [-0.2, 0) is 9.47 Å². The van der Waals surface area contributed by atoms with Crippen LogP contribution in [0.1, 0.15) is 25.7 Å². The molecule has 1 atom stereocenters. The Balaban J connectivity index is 0.000000845. The van der Waals surface area contributed by atoms with Crippen LogP contribution in [0, 0.1) is 0 Å². The molecule has 1 spiro atoms. The lowest BCUT2D eigenvalue weighted by Gasteiger charge is -2.46. The second-order valence-electron chi connectivity index (χ2n) is 3.86. The van der Waals surface area contributed by atoms with Crippen molar-refractivity contribution in [3.05, 3.63) is 0 Å². The molecule has 78 valence electrons. The molecule has 1 saturated carbocycles. The van der Waals surface area contributed by atoms with E-state index < -0.39 is 0 Å². The molecule has 1 unspecified atom stereocenters. The van der Waals surface area contributed by atoms with Crippen molar-refractivity contribution in [2.24, 2.45) is 5.73 Å². The first kappa shape index (κ1) is 11.2. The van der Waals surface area contributed by atoms with Gasteiger partial charge in [-0.2, -0.15) is 0 Å². The molecule has 0 bridgehead atoms. The van der Waals surface area contributed by atoms with E-state index in [1.807, 2.05) is 0 Å². The zero-order valence-electron chi connectivity index (χ0n) is 7.83. The summed E-state index contributed by atoms with van der Waals surface area (Å²) >= 11 is 0. The highest BCUT2D eigenvalue weighted by atomic mass is 35.5. The highest BCUT2D eigenvalue weighted by Gasteiger charge is 2.42. The lowest BCUT2D eigenvalue weighted by atomic mass is 9.80. The average molecular weight is 208 g/mol. The summed E-state index contributed by atoms with van der Waals surface area (Å²) in [5, 5.41) is 0. The van der Waals surface area contributed by atoms with Crippen LogP contribution >= 0.6 is 12.4 Å². The van der Waals surface area contributed by atoms with Gasteiger partial charge in [-0.15, -0.1) is 12.4 Å². The van der Waals surface area contributed by atoms with Crippen molar-refractivity contribution in [3.8, 4) is 0 Å². The SMILES string of the molecule is Cl.NCCC1COC2(CCC2)CO1. The Kier molecular flexibility index (Phi) is 3.98. The van der Waals surface area contributed by atoms with E-state index in [9.17, 15) is 0 Å². The largest absolute Gasteiger partial charge is 0.373 e. The molecule has 2 aliphatic rings. The standard InChI is InChI=1S/C9H17NO2.ClH/c10-5-2-8-6-12-9(7-11-8)3-1-4-9;/h8H,1-7,10H2;1H. The van der Waals surface area contributed by atoms with Gasteiger partial charge in [-0.3, -0.25) is 0 Å². The van der Waals surface area contributed by atoms with E-state index >= 15 is 0 Å². The van der Waals surface area contributed by atoms with Gasteiger partial charge in [0.05, 0.1) is 24.9 Å². The number of ether oxygens (including phenoxy) is 2. The topological polar surface area (TPSA) is 44.5 Å². The summed E-state index contributed by atoms with van der Waals surface area (Å²) in [6.45, 7) is 2.23. The fourth-order valence-corrected chi connectivity index (χ4v) is 1.84. The van der Waals surface area contributed by atoms with Gasteiger partial charge in [0.2, 0.25) is 0 Å². The fourth-order valence-electron chi connectivity index (χ4n) is 1.84. The normalized spacial score (nSPS) is 30.7. The first-order valence-corrected chi connectivity index (χ1v) is 4.80. The van der Waals surface area contributed by atoms with Crippen LogP contribution in [0.15, 0.2) is 0 Å². The van der Waals surface area contributed by atoms with Gasteiger partial charge in [-0.25, -0.2) is 0 Å². The van der Waals surface area contributed by atoms with Crippen molar-refractivity contribution in [2.75, 3.05) is 19.8 Å². The molecule has 2 N–H and O–H groups in total. The van der Waals surface area contributed by atoms with Gasteiger partial charge in [-0.05, 0) is 32.2 Å². The van der Waals surface area contributed by atoms with Crippen LogP contribution in [-0.4, -0.2) is 31.5 Å². The summed E-state index contributed by atoms with van der Waals surface area (Å²) < 4.78 is 11.5. The zero-order valence-corrected chi connectivity index (χ0v) is 8.65. The summed E-state index contributed by atoms with van der Waals surface area (Å²) in [5.74, 6) is 0. The van der Waals surface area contributed by atoms with Crippen LogP contribution in [0.2, 0.25) is 0 Å². The van der Waals surface area contributed by atoms with Gasteiger partial charge in [0.25, 0.3) is 0 Å². The Bertz CT molecular complexity index is 152. The predicted octanol–water partition coefficient (Wildman–Crippen LogP) is 1.10. The van der Waals surface area contributed by atoms with E-state index in [0.717, 1.165) is 19.6 Å². The summed E-state index contributed by atoms with van der Waals surface area (Å²) in [4.78, 5) is 0. The van der Waals surface area contributed by atoms with E-state index in [1.165, 1.54) is 19.3 Å². The molecule has 1 saturated heterocycles. The molecule has 13 heavy (non-hydrogen) atoms. The Labute approximate surface area is 85.4 Å². The summed E-state index contributed by atoms with van der Waals surface area (Å²) in [5.41, 5.74) is 5.55. The molecule has 0 aromatic heterocycles. The van der Waals surface area contributed by atoms with Gasteiger partial charge < -0.3 is 15.2 Å². The second kappa shape index (κ2) is 4.60. The monoisotopic (exact) mass is 207 g/mol. The zero-order chi connectivity index (χ0) is 8.44. The summed E-state index contributed by atoms with van der Waals surface area (Å²) in [6.07, 6.45) is 4.84. The Morgan fingerprint density at radius 2 is 2.15 bits per heavy atom. The van der Waals surface area contributed by atoms with Crippen molar-refractivity contribution in [1.29, 1.82) is 0 Å². The Morgan fingerprint density at radius 1 is 1.38 bits per heavy atom. The Morgan fingerprint density at radius 3 is 2.54 bits per heavy atom. The van der Waals surface area contributed by atoms with Crippen LogP contribution in [0.3, 0.4) is 0 Å². The lowest BCUT2D eigenvalue weighted by molar-refractivity contribution is -0.220. The van der Waals surface area contributed by atoms with Gasteiger partial charge in [-0.1, -0.05) is 0 Å². The molecule has 1 aliphatic carbocycles. The molecule has 2 fully saturated rings. The van der Waals surface area contributed by atoms with E-state index in [-0.39, 0.29) is 24.1 Å². The molecule has 0 aromatic rings. The summed E-state index contributed by atoms with van der Waals surface area (Å²) in [6, 6.07) is 0. The molecule has 0 radical (unpaired) electrons. The van der Waals surface area contributed by atoms with E-state index in [2.05, 4.69) is 0 Å². The number of hydrogen-bond donors (Lipinski definition) is 1. The van der Waals surface area contributed by atoms with Crippen molar-refractivity contribution < 1.29 is 9.47 Å². The quantitative estimate of drug-likeness (QED) is 0.738. The van der Waals surface area contributed by atoms with Crippen molar-refractivity contribution in [1.82, 2.24) is 0 Å². The third-order valence-electron chi connectivity index (χ3n) is 2.91. The smallest absolute Gasteiger partial charge is 0.0916 e. The van der Waals surface area contributed by atoms with Crippen molar-refractivity contribution in [3.63, 3.8) is 0 Å². The second-order valence-corrected chi connectivity index (χ2v) is 3.86. The molecule has 0 aromatic carbocycles. The molecule has 1 aliphatic heterocycles. The third-order valence-corrected chi connectivity index (χ3v) is 2.91. The van der Waals surface area contributed by atoms with Gasteiger partial charge in [0.15, 0.2) is 0 Å². The average Bonchev–Trinajstić information content (AvgIpc) is 2.04. The van der Waals surface area contributed by atoms with Crippen molar-refractivity contribution in [2.45, 2.75) is 37.4 Å². The number of nitrogens with two attached hydrogens (primary N) is 1. The van der Waals surface area contributed by atoms with Crippen LogP contribution < -0.4 is 5.73 Å². The minimum absolute atomic E-state index is 0. The maximum absolute atomic E-state index is 5.79. The van der Waals surface area contributed by atoms with Gasteiger partial charge in [0.1, 0.15) is 0 Å². The highest BCUT2D eigenvalue weighted by molar-refractivity contribution is 5.85. The highest BCUT2D eigenvalue weighted by Crippen LogP contribution is 2.38. The Hall–Kier alpha value is 0.170. The fraction of sp³-hybridized carbons (Fsp3) is 1.00. The number of halogens is 1. The van der Waals surface area contributed by atoms with Crippen LogP contribution in [0.5, 0.6) is 0 Å². The predicted molar refractivity (Wildman–Crippen MR) is 53.2 cm³/mol. The number of rotatable bonds is 2. The first-order valence-electron chi connectivity index (χ1n) is 4.80. The van der Waals surface area contributed by atoms with E-state index in [0.29, 0.717) is 6.54 Å². The van der Waals surface area contributed by atoms with Crippen LogP contribution in [0.25, 0.3) is 0 Å². The minimum atomic E-state index is 0. The maximum Gasteiger partial charge on any atom is 0.0916 e. The molecule has 0 amide bonds. The van der Waals surface area contributed by atoms with E-state index in [4.69, 9.17) is 15.2 Å². The van der Waals surface area contributed by atoms with E-state index in [1.54, 1.807) is 0 Å². The number of hydrogen-bond acceptors (Lipinski definition) is 3. The first-order chi connectivity index (χ1) is 5.85. The molecule has 2 rings (SSSR count). The molecule has 4 heteroatoms. The van der Waals surface area contributed by atoms with Gasteiger partial charge in [0, 0.05) is 0 Å². The minimum Gasteiger partial charge on any atom is -0.373 e. The third kappa shape index (κ3) is 2.34. The maximum atomic E-state index is 5.79. The lowest BCUT2D eigenvalue weighted by Crippen LogP contribution is -2.51. The van der Waals surface area contributed by atoms with Crippen LogP contribution in [0.4, 0.5) is 0 Å². The van der Waals surface area contributed by atoms with Gasteiger partial charge >= 0.3 is 0 Å². The summed E-state index contributed by atoms with van der Waals surface area (Å²) in [7, 11) is 0. The molecule has 1 heterocycles.